The molecule has 0 saturated heterocycles. The van der Waals surface area contributed by atoms with Crippen LogP contribution in [0.5, 0.6) is 0 Å². The number of benzene rings is 2. The Labute approximate surface area is 98.6 Å². The Morgan fingerprint density at radius 1 is 0.812 bits per heavy atom. The molecule has 0 atom stereocenters. The smallest absolute Gasteiger partial charge is 0.00180 e. The highest BCUT2D eigenvalue weighted by atomic mass is 32.3. The zero-order chi connectivity index (χ0) is 11.3. The van der Waals surface area contributed by atoms with E-state index >= 15 is 0 Å². The second-order valence-corrected chi connectivity index (χ2v) is 8.30. The third kappa shape index (κ3) is 1.12. The van der Waals surface area contributed by atoms with E-state index in [0.29, 0.717) is 0 Å². The molecule has 0 unspecified atom stereocenters. The number of hydrogen-bond acceptors (Lipinski definition) is 0. The molecule has 0 nitrogen and oxygen atoms in total. The number of aryl methyl sites for hydroxylation is 1. The summed E-state index contributed by atoms with van der Waals surface area (Å²) >= 11 is 0. The summed E-state index contributed by atoms with van der Waals surface area (Å²) < 4.78 is 0. The van der Waals surface area contributed by atoms with E-state index in [1.165, 1.54) is 16.7 Å². The van der Waals surface area contributed by atoms with Crippen LogP contribution in [0.2, 0.25) is 0 Å². The fraction of sp³-hybridized carbons (Fsp3) is 0.200. The molecule has 1 aliphatic rings. The van der Waals surface area contributed by atoms with E-state index < -0.39 is 10.0 Å². The average Bonchev–Trinajstić information content (AvgIpc) is 2.51. The molecule has 1 aliphatic heterocycles. The molecule has 0 radical (unpaired) electrons. The lowest BCUT2D eigenvalue weighted by Gasteiger charge is -2.28. The zero-order valence-corrected chi connectivity index (χ0v) is 10.8. The normalized spacial score (nSPS) is 17.7. The highest BCUT2D eigenvalue weighted by molar-refractivity contribution is 8.33. The van der Waals surface area contributed by atoms with Gasteiger partial charge in [-0.05, 0) is 48.3 Å². The largest absolute Gasteiger partial charge is 0.192 e. The van der Waals surface area contributed by atoms with Gasteiger partial charge in [-0.1, -0.05) is 30.3 Å². The maximum absolute atomic E-state index is 2.40. The highest BCUT2D eigenvalue weighted by Gasteiger charge is 2.31. The van der Waals surface area contributed by atoms with Crippen LogP contribution in [0.3, 0.4) is 0 Å². The molecule has 1 heterocycles. The first-order valence-corrected chi connectivity index (χ1v) is 8.00. The first-order chi connectivity index (χ1) is 7.62. The molecule has 1 heteroatoms. The minimum absolute atomic E-state index is 0.787. The molecule has 0 spiro atoms. The van der Waals surface area contributed by atoms with E-state index in [9.17, 15) is 0 Å². The monoisotopic (exact) mass is 228 g/mol. The van der Waals surface area contributed by atoms with Crippen LogP contribution < -0.4 is 0 Å². The van der Waals surface area contributed by atoms with Crippen LogP contribution in [0.25, 0.3) is 11.1 Å². The van der Waals surface area contributed by atoms with Crippen LogP contribution in [0, 0.1) is 6.92 Å². The summed E-state index contributed by atoms with van der Waals surface area (Å²) in [7, 11) is -0.787. The molecular formula is C15H16S. The Hall–Kier alpha value is -1.21. The summed E-state index contributed by atoms with van der Waals surface area (Å²) in [5, 5.41) is 0. The Bertz CT molecular complexity index is 567. The third-order valence-corrected chi connectivity index (χ3v) is 6.39. The van der Waals surface area contributed by atoms with Crippen molar-refractivity contribution in [2.75, 3.05) is 12.5 Å². The molecule has 0 fully saturated rings. The Balaban J connectivity index is 2.45. The lowest BCUT2D eigenvalue weighted by molar-refractivity contribution is 1.36. The maximum atomic E-state index is 2.40. The molecule has 0 bridgehead atoms. The van der Waals surface area contributed by atoms with Gasteiger partial charge in [0.05, 0.1) is 0 Å². The van der Waals surface area contributed by atoms with E-state index in [4.69, 9.17) is 0 Å². The Kier molecular flexibility index (Phi) is 1.96. The van der Waals surface area contributed by atoms with Crippen molar-refractivity contribution < 1.29 is 0 Å². The van der Waals surface area contributed by atoms with E-state index in [-0.39, 0.29) is 0 Å². The summed E-state index contributed by atoms with van der Waals surface area (Å²) in [6, 6.07) is 15.6. The second kappa shape index (κ2) is 3.14. The SMILES string of the molecule is Cc1cccc2c1-c1ccccc1S2(C)C. The van der Waals surface area contributed by atoms with Gasteiger partial charge in [0, 0.05) is 9.79 Å². The van der Waals surface area contributed by atoms with Gasteiger partial charge in [0.1, 0.15) is 0 Å². The van der Waals surface area contributed by atoms with Crippen LogP contribution >= 0.6 is 10.0 Å². The molecule has 0 N–H and O–H groups in total. The van der Waals surface area contributed by atoms with Crippen molar-refractivity contribution >= 4 is 10.0 Å². The number of fused-ring (bicyclic) bond motifs is 3. The molecule has 0 aromatic heterocycles. The number of hydrogen-bond donors (Lipinski definition) is 0. The molecule has 2 aromatic rings. The molecule has 0 saturated carbocycles. The minimum atomic E-state index is -0.787. The van der Waals surface area contributed by atoms with Crippen molar-refractivity contribution in [2.24, 2.45) is 0 Å². The maximum Gasteiger partial charge on any atom is 0.00180 e. The van der Waals surface area contributed by atoms with Crippen LogP contribution in [0.1, 0.15) is 5.56 Å². The van der Waals surface area contributed by atoms with Crippen LogP contribution in [0.4, 0.5) is 0 Å². The van der Waals surface area contributed by atoms with Gasteiger partial charge < -0.3 is 0 Å². The van der Waals surface area contributed by atoms with Crippen molar-refractivity contribution in [1.82, 2.24) is 0 Å². The van der Waals surface area contributed by atoms with Gasteiger partial charge in [0.2, 0.25) is 0 Å². The van der Waals surface area contributed by atoms with Crippen LogP contribution in [0.15, 0.2) is 52.3 Å². The molecule has 2 aromatic carbocycles. The summed E-state index contributed by atoms with van der Waals surface area (Å²) in [5.74, 6) is 0. The van der Waals surface area contributed by atoms with Crippen molar-refractivity contribution in [3.8, 4) is 11.1 Å². The van der Waals surface area contributed by atoms with Gasteiger partial charge in [-0.3, -0.25) is 0 Å². The van der Waals surface area contributed by atoms with E-state index in [0.717, 1.165) is 0 Å². The Morgan fingerprint density at radius 2 is 1.50 bits per heavy atom. The van der Waals surface area contributed by atoms with Crippen molar-refractivity contribution in [1.29, 1.82) is 0 Å². The van der Waals surface area contributed by atoms with Gasteiger partial charge in [-0.2, -0.15) is 10.0 Å². The predicted molar refractivity (Wildman–Crippen MR) is 72.6 cm³/mol. The first kappa shape index (κ1) is 9.98. The fourth-order valence-corrected chi connectivity index (χ4v) is 5.22. The summed E-state index contributed by atoms with van der Waals surface area (Å²) in [6.45, 7) is 2.22. The predicted octanol–water partition coefficient (Wildman–Crippen LogP) is 4.46. The second-order valence-electron chi connectivity index (χ2n) is 4.77. The van der Waals surface area contributed by atoms with Gasteiger partial charge in [0.25, 0.3) is 0 Å². The summed E-state index contributed by atoms with van der Waals surface area (Å²) in [4.78, 5) is 3.09. The zero-order valence-electron chi connectivity index (χ0n) is 9.95. The molecule has 3 rings (SSSR count). The highest BCUT2D eigenvalue weighted by Crippen LogP contribution is 2.67. The third-order valence-electron chi connectivity index (χ3n) is 3.49. The van der Waals surface area contributed by atoms with Gasteiger partial charge in [0.15, 0.2) is 0 Å². The van der Waals surface area contributed by atoms with Gasteiger partial charge in [-0.15, -0.1) is 0 Å². The average molecular weight is 228 g/mol. The topological polar surface area (TPSA) is 0 Å². The van der Waals surface area contributed by atoms with Crippen molar-refractivity contribution in [3.05, 3.63) is 48.0 Å². The first-order valence-electron chi connectivity index (χ1n) is 5.55. The standard InChI is InChI=1S/C15H16S/c1-11-7-6-10-14-15(11)12-8-4-5-9-13(12)16(14,2)3/h4-10H,1-3H3. The van der Waals surface area contributed by atoms with Crippen molar-refractivity contribution in [3.63, 3.8) is 0 Å². The van der Waals surface area contributed by atoms with E-state index in [1.54, 1.807) is 9.79 Å². The van der Waals surface area contributed by atoms with Crippen molar-refractivity contribution in [2.45, 2.75) is 16.7 Å². The molecular weight excluding hydrogens is 212 g/mol. The lowest BCUT2D eigenvalue weighted by Crippen LogP contribution is -1.92. The molecule has 16 heavy (non-hydrogen) atoms. The van der Waals surface area contributed by atoms with E-state index in [2.05, 4.69) is 61.9 Å². The molecule has 0 amide bonds. The quantitative estimate of drug-likeness (QED) is 0.624. The lowest BCUT2D eigenvalue weighted by atomic mass is 10.0. The molecule has 82 valence electrons. The summed E-state index contributed by atoms with van der Waals surface area (Å²) in [6.07, 6.45) is 4.80. The number of rotatable bonds is 0. The van der Waals surface area contributed by atoms with Gasteiger partial charge in [-0.25, -0.2) is 0 Å². The molecule has 0 aliphatic carbocycles. The van der Waals surface area contributed by atoms with Gasteiger partial charge >= 0.3 is 0 Å². The summed E-state index contributed by atoms with van der Waals surface area (Å²) in [5.41, 5.74) is 4.34. The van der Waals surface area contributed by atoms with E-state index in [1.807, 2.05) is 0 Å². The Morgan fingerprint density at radius 3 is 2.31 bits per heavy atom. The van der Waals surface area contributed by atoms with Crippen LogP contribution in [-0.4, -0.2) is 12.5 Å². The minimum Gasteiger partial charge on any atom is -0.192 e. The van der Waals surface area contributed by atoms with Crippen LogP contribution in [-0.2, 0) is 0 Å². The fourth-order valence-electron chi connectivity index (χ4n) is 2.65.